The lowest BCUT2D eigenvalue weighted by atomic mass is 9.74. The molecular weight excluding hydrogens is 403 g/mol. The minimum atomic E-state index is -1.03. The molecule has 8 heteroatoms. The van der Waals surface area contributed by atoms with Crippen LogP contribution in [-0.2, 0) is 16.0 Å². The second kappa shape index (κ2) is 9.76. The van der Waals surface area contributed by atoms with Gasteiger partial charge in [-0.25, -0.2) is 4.39 Å². The Hall–Kier alpha value is -3.16. The SMILES string of the molecule is CCOC(=O)[C@@]1(Cc2ccccc2F)CCCN(C(=O)c2ccc(OC)nc2OC)C1. The third kappa shape index (κ3) is 4.78. The second-order valence-corrected chi connectivity index (χ2v) is 7.51. The lowest BCUT2D eigenvalue weighted by molar-refractivity contribution is -0.158. The predicted octanol–water partition coefficient (Wildman–Crippen LogP) is 3.27. The topological polar surface area (TPSA) is 78.0 Å². The van der Waals surface area contributed by atoms with Crippen molar-refractivity contribution in [2.24, 2.45) is 5.41 Å². The fourth-order valence-electron chi connectivity index (χ4n) is 4.00. The number of nitrogens with zero attached hydrogens (tertiary/aromatic N) is 2. The second-order valence-electron chi connectivity index (χ2n) is 7.51. The largest absolute Gasteiger partial charge is 0.481 e. The summed E-state index contributed by atoms with van der Waals surface area (Å²) in [5.41, 5.74) is -0.332. The highest BCUT2D eigenvalue weighted by atomic mass is 19.1. The summed E-state index contributed by atoms with van der Waals surface area (Å²) in [6, 6.07) is 9.54. The van der Waals surface area contributed by atoms with Crippen LogP contribution >= 0.6 is 0 Å². The van der Waals surface area contributed by atoms with Crippen LogP contribution in [0.1, 0.15) is 35.7 Å². The zero-order valence-electron chi connectivity index (χ0n) is 18.0. The van der Waals surface area contributed by atoms with Crippen LogP contribution in [0.2, 0.25) is 0 Å². The molecule has 31 heavy (non-hydrogen) atoms. The fraction of sp³-hybridized carbons (Fsp3) is 0.435. The summed E-state index contributed by atoms with van der Waals surface area (Å²) in [5, 5.41) is 0. The van der Waals surface area contributed by atoms with Crippen LogP contribution in [0.3, 0.4) is 0 Å². The third-order valence-electron chi connectivity index (χ3n) is 5.53. The maximum absolute atomic E-state index is 14.4. The molecular formula is C23H27FN2O5. The molecule has 0 radical (unpaired) electrons. The minimum Gasteiger partial charge on any atom is -0.481 e. The Morgan fingerprint density at radius 1 is 1.16 bits per heavy atom. The molecule has 1 aromatic carbocycles. The third-order valence-corrected chi connectivity index (χ3v) is 5.53. The van der Waals surface area contributed by atoms with E-state index in [0.717, 1.165) is 0 Å². The van der Waals surface area contributed by atoms with Crippen molar-refractivity contribution < 1.29 is 28.2 Å². The highest BCUT2D eigenvalue weighted by Crippen LogP contribution is 2.37. The van der Waals surface area contributed by atoms with Gasteiger partial charge in [0.2, 0.25) is 11.8 Å². The average molecular weight is 430 g/mol. The van der Waals surface area contributed by atoms with Gasteiger partial charge in [0, 0.05) is 19.2 Å². The number of amides is 1. The molecule has 0 spiro atoms. The lowest BCUT2D eigenvalue weighted by Gasteiger charge is -2.41. The molecule has 1 aromatic heterocycles. The number of rotatable bonds is 7. The van der Waals surface area contributed by atoms with E-state index in [9.17, 15) is 14.0 Å². The Morgan fingerprint density at radius 3 is 2.61 bits per heavy atom. The molecule has 0 bridgehead atoms. The number of piperidine rings is 1. The average Bonchev–Trinajstić information content (AvgIpc) is 2.80. The smallest absolute Gasteiger partial charge is 0.314 e. The van der Waals surface area contributed by atoms with E-state index in [0.29, 0.717) is 30.8 Å². The summed E-state index contributed by atoms with van der Waals surface area (Å²) < 4.78 is 30.1. The van der Waals surface area contributed by atoms with E-state index in [4.69, 9.17) is 14.2 Å². The maximum Gasteiger partial charge on any atom is 0.314 e. The number of halogens is 1. The first kappa shape index (κ1) is 22.5. The molecule has 1 atom stereocenters. The molecule has 0 N–H and O–H groups in total. The number of carbonyl (C=O) groups excluding carboxylic acids is 2. The molecule has 166 valence electrons. The number of carbonyl (C=O) groups is 2. The Balaban J connectivity index is 1.92. The summed E-state index contributed by atoms with van der Waals surface area (Å²) in [7, 11) is 2.90. The van der Waals surface area contributed by atoms with Crippen LogP contribution < -0.4 is 9.47 Å². The maximum atomic E-state index is 14.4. The molecule has 1 amide bonds. The molecule has 1 saturated heterocycles. The van der Waals surface area contributed by atoms with Gasteiger partial charge in [-0.15, -0.1) is 0 Å². The highest BCUT2D eigenvalue weighted by molar-refractivity contribution is 5.97. The summed E-state index contributed by atoms with van der Waals surface area (Å²) in [6.45, 7) is 2.52. The van der Waals surface area contributed by atoms with Crippen molar-refractivity contribution in [3.8, 4) is 11.8 Å². The molecule has 1 fully saturated rings. The molecule has 3 rings (SSSR count). The monoisotopic (exact) mass is 430 g/mol. The normalized spacial score (nSPS) is 18.4. The van der Waals surface area contributed by atoms with Gasteiger partial charge in [-0.05, 0) is 43.9 Å². The van der Waals surface area contributed by atoms with E-state index >= 15 is 0 Å². The summed E-state index contributed by atoms with van der Waals surface area (Å²) in [5.74, 6) is -0.640. The van der Waals surface area contributed by atoms with Gasteiger partial charge >= 0.3 is 5.97 Å². The molecule has 2 heterocycles. The van der Waals surface area contributed by atoms with Crippen molar-refractivity contribution in [2.75, 3.05) is 33.9 Å². The van der Waals surface area contributed by atoms with Crippen LogP contribution in [-0.4, -0.2) is 55.7 Å². The predicted molar refractivity (Wildman–Crippen MR) is 112 cm³/mol. The van der Waals surface area contributed by atoms with Crippen LogP contribution in [0.25, 0.3) is 0 Å². The van der Waals surface area contributed by atoms with Gasteiger partial charge in [0.05, 0.1) is 26.2 Å². The number of pyridine rings is 1. The minimum absolute atomic E-state index is 0.119. The van der Waals surface area contributed by atoms with Gasteiger partial charge in [-0.3, -0.25) is 9.59 Å². The summed E-state index contributed by atoms with van der Waals surface area (Å²) in [6.07, 6.45) is 1.24. The Kier molecular flexibility index (Phi) is 7.09. The van der Waals surface area contributed by atoms with Gasteiger partial charge in [0.25, 0.3) is 5.91 Å². The van der Waals surface area contributed by atoms with E-state index in [2.05, 4.69) is 4.98 Å². The Labute approximate surface area is 181 Å². The molecule has 7 nitrogen and oxygen atoms in total. The van der Waals surface area contributed by atoms with Crippen LogP contribution in [0.15, 0.2) is 36.4 Å². The number of ether oxygens (including phenoxy) is 3. The van der Waals surface area contributed by atoms with Crippen molar-refractivity contribution in [1.29, 1.82) is 0 Å². The van der Waals surface area contributed by atoms with Crippen molar-refractivity contribution in [1.82, 2.24) is 9.88 Å². The van der Waals surface area contributed by atoms with E-state index in [-0.39, 0.29) is 42.7 Å². The van der Waals surface area contributed by atoms with E-state index < -0.39 is 11.4 Å². The fourth-order valence-corrected chi connectivity index (χ4v) is 4.00. The number of benzene rings is 1. The highest BCUT2D eigenvalue weighted by Gasteiger charge is 2.45. The number of esters is 1. The van der Waals surface area contributed by atoms with Gasteiger partial charge in [-0.1, -0.05) is 18.2 Å². The van der Waals surface area contributed by atoms with Crippen LogP contribution in [0.4, 0.5) is 4.39 Å². The molecule has 0 unspecified atom stereocenters. The first-order valence-corrected chi connectivity index (χ1v) is 10.2. The van der Waals surface area contributed by atoms with Crippen LogP contribution in [0.5, 0.6) is 11.8 Å². The first-order chi connectivity index (χ1) is 14.9. The van der Waals surface area contributed by atoms with E-state index in [1.165, 1.54) is 20.3 Å². The summed E-state index contributed by atoms with van der Waals surface area (Å²) >= 11 is 0. The van der Waals surface area contributed by atoms with Crippen LogP contribution in [0, 0.1) is 11.2 Å². The number of aromatic nitrogens is 1. The van der Waals surface area contributed by atoms with E-state index in [1.807, 2.05) is 0 Å². The summed E-state index contributed by atoms with van der Waals surface area (Å²) in [4.78, 5) is 32.1. The Bertz CT molecular complexity index is 951. The zero-order chi connectivity index (χ0) is 22.4. The Morgan fingerprint density at radius 2 is 1.94 bits per heavy atom. The molecule has 1 aliphatic rings. The number of hydrogen-bond acceptors (Lipinski definition) is 6. The lowest BCUT2D eigenvalue weighted by Crippen LogP contribution is -2.51. The van der Waals surface area contributed by atoms with Gasteiger partial charge in [-0.2, -0.15) is 4.98 Å². The van der Waals surface area contributed by atoms with Crippen molar-refractivity contribution in [2.45, 2.75) is 26.2 Å². The standard InChI is InChI=1S/C23H27FN2O5/c1-4-31-22(28)23(14-16-8-5-6-9-18(16)24)12-7-13-26(15-23)21(27)17-10-11-19(29-2)25-20(17)30-3/h5-6,8-11H,4,7,12-15H2,1-3H3/t23-/m1/s1. The van der Waals surface area contributed by atoms with Gasteiger partial charge < -0.3 is 19.1 Å². The number of likely N-dealkylation sites (tertiary alicyclic amines) is 1. The number of hydrogen-bond donors (Lipinski definition) is 0. The van der Waals surface area contributed by atoms with Gasteiger partial charge in [0.1, 0.15) is 11.4 Å². The van der Waals surface area contributed by atoms with Crippen molar-refractivity contribution >= 4 is 11.9 Å². The molecule has 0 aliphatic carbocycles. The van der Waals surface area contributed by atoms with Crippen molar-refractivity contribution in [3.05, 3.63) is 53.3 Å². The first-order valence-electron chi connectivity index (χ1n) is 10.2. The number of methoxy groups -OCH3 is 2. The molecule has 1 aliphatic heterocycles. The van der Waals surface area contributed by atoms with Crippen molar-refractivity contribution in [3.63, 3.8) is 0 Å². The zero-order valence-corrected chi connectivity index (χ0v) is 18.0. The molecule has 0 saturated carbocycles. The molecule has 2 aromatic rings. The van der Waals surface area contributed by atoms with E-state index in [1.54, 1.807) is 42.2 Å². The van der Waals surface area contributed by atoms with Gasteiger partial charge in [0.15, 0.2) is 0 Å². The quantitative estimate of drug-likeness (QED) is 0.628.